The fourth-order valence-electron chi connectivity index (χ4n) is 3.49. The monoisotopic (exact) mass is 393 g/mol. The van der Waals surface area contributed by atoms with E-state index in [1.54, 1.807) is 6.33 Å². The standard InChI is InChI=1S/C17H24N5O4P/c1-5-11-12(6-2)17(26-13(11)7-8-27(23,24-3)25-4)22-10-21-14-15(18)19-9-20-16(14)22/h5-6,9-13,17H,1-2,7-8H2,3-4H3,(H2,18,19,20). The van der Waals surface area contributed by atoms with Crippen LogP contribution >= 0.6 is 7.60 Å². The summed E-state index contributed by atoms with van der Waals surface area (Å²) in [6, 6.07) is 0. The van der Waals surface area contributed by atoms with Crippen LogP contribution in [0.25, 0.3) is 11.2 Å². The summed E-state index contributed by atoms with van der Waals surface area (Å²) in [6.07, 6.45) is 6.80. The molecule has 3 rings (SSSR count). The molecule has 2 aromatic heterocycles. The lowest BCUT2D eigenvalue weighted by molar-refractivity contribution is -0.00850. The fraction of sp³-hybridized carbons (Fsp3) is 0.471. The van der Waals surface area contributed by atoms with Crippen molar-refractivity contribution < 1.29 is 18.3 Å². The summed E-state index contributed by atoms with van der Waals surface area (Å²) < 4.78 is 30.5. The number of anilines is 1. The summed E-state index contributed by atoms with van der Waals surface area (Å²) >= 11 is 0. The zero-order valence-electron chi connectivity index (χ0n) is 15.4. The van der Waals surface area contributed by atoms with Crippen LogP contribution in [0.3, 0.4) is 0 Å². The van der Waals surface area contributed by atoms with Gasteiger partial charge in [-0.05, 0) is 6.42 Å². The van der Waals surface area contributed by atoms with Gasteiger partial charge in [-0.2, -0.15) is 0 Å². The molecule has 0 amide bonds. The molecule has 0 aromatic carbocycles. The minimum atomic E-state index is -3.12. The number of hydrogen-bond acceptors (Lipinski definition) is 8. The Hall–Kier alpha value is -2.06. The molecule has 9 nitrogen and oxygen atoms in total. The minimum absolute atomic E-state index is 0.0219. The second-order valence-electron chi connectivity index (χ2n) is 6.26. The molecule has 4 atom stereocenters. The first kappa shape index (κ1) is 19.7. The largest absolute Gasteiger partial charge is 0.382 e. The van der Waals surface area contributed by atoms with Crippen molar-refractivity contribution in [3.05, 3.63) is 38.0 Å². The van der Waals surface area contributed by atoms with E-state index in [4.69, 9.17) is 19.5 Å². The quantitative estimate of drug-likeness (QED) is 0.538. The van der Waals surface area contributed by atoms with Gasteiger partial charge in [-0.25, -0.2) is 15.0 Å². The third kappa shape index (κ3) is 3.55. The van der Waals surface area contributed by atoms with Crippen LogP contribution in [-0.2, 0) is 18.3 Å². The topological polar surface area (TPSA) is 114 Å². The molecule has 1 aliphatic heterocycles. The molecule has 3 heterocycles. The van der Waals surface area contributed by atoms with Crippen molar-refractivity contribution in [2.24, 2.45) is 11.8 Å². The van der Waals surface area contributed by atoms with E-state index in [0.29, 0.717) is 23.4 Å². The molecule has 2 aromatic rings. The first-order valence-electron chi connectivity index (χ1n) is 8.52. The Morgan fingerprint density at radius 3 is 2.59 bits per heavy atom. The average molecular weight is 393 g/mol. The van der Waals surface area contributed by atoms with Gasteiger partial charge in [-0.15, -0.1) is 13.2 Å². The zero-order valence-corrected chi connectivity index (χ0v) is 16.3. The molecule has 4 unspecified atom stereocenters. The molecular formula is C17H24N5O4P. The SMILES string of the molecule is C=CC1C(CCP(=O)(OC)OC)OC(n2cnc3c(N)ncnc32)C1C=C. The number of imidazole rings is 1. The number of nitrogens with zero attached hydrogens (tertiary/aromatic N) is 4. The summed E-state index contributed by atoms with van der Waals surface area (Å²) in [6.45, 7) is 7.89. The zero-order chi connectivity index (χ0) is 19.6. The maximum Gasteiger partial charge on any atom is 0.330 e. The van der Waals surface area contributed by atoms with Crippen LogP contribution in [0.15, 0.2) is 38.0 Å². The fourth-order valence-corrected chi connectivity index (χ4v) is 4.58. The van der Waals surface area contributed by atoms with Crippen molar-refractivity contribution in [2.45, 2.75) is 18.8 Å². The highest BCUT2D eigenvalue weighted by Crippen LogP contribution is 2.50. The molecule has 0 spiro atoms. The lowest BCUT2D eigenvalue weighted by atomic mass is 9.88. The van der Waals surface area contributed by atoms with E-state index in [1.165, 1.54) is 20.5 Å². The van der Waals surface area contributed by atoms with Crippen LogP contribution in [0.4, 0.5) is 5.82 Å². The highest BCUT2D eigenvalue weighted by Gasteiger charge is 2.43. The Kier molecular flexibility index (Phi) is 5.76. The van der Waals surface area contributed by atoms with E-state index in [0.717, 1.165) is 0 Å². The molecule has 0 saturated carbocycles. The van der Waals surface area contributed by atoms with Crippen LogP contribution in [0.5, 0.6) is 0 Å². The minimum Gasteiger partial charge on any atom is -0.382 e. The van der Waals surface area contributed by atoms with Gasteiger partial charge in [0.25, 0.3) is 0 Å². The van der Waals surface area contributed by atoms with Crippen molar-refractivity contribution in [3.63, 3.8) is 0 Å². The lowest BCUT2D eigenvalue weighted by Crippen LogP contribution is -2.19. The van der Waals surface area contributed by atoms with E-state index in [-0.39, 0.29) is 30.3 Å². The van der Waals surface area contributed by atoms with Crippen LogP contribution in [-0.4, -0.2) is 46.0 Å². The second kappa shape index (κ2) is 7.90. The molecule has 0 radical (unpaired) electrons. The van der Waals surface area contributed by atoms with Crippen LogP contribution in [0.1, 0.15) is 12.6 Å². The summed E-state index contributed by atoms with van der Waals surface area (Å²) in [5.41, 5.74) is 6.98. The summed E-state index contributed by atoms with van der Waals surface area (Å²) in [4.78, 5) is 12.6. The number of fused-ring (bicyclic) bond motifs is 1. The third-order valence-corrected chi connectivity index (χ3v) is 6.89. The molecule has 1 aliphatic rings. The number of nitrogen functional groups attached to an aromatic ring is 1. The van der Waals surface area contributed by atoms with Gasteiger partial charge in [0, 0.05) is 26.1 Å². The first-order chi connectivity index (χ1) is 13.0. The summed E-state index contributed by atoms with van der Waals surface area (Å²) in [5.74, 6) is 0.224. The maximum absolute atomic E-state index is 12.4. The Morgan fingerprint density at radius 2 is 1.96 bits per heavy atom. The van der Waals surface area contributed by atoms with Gasteiger partial charge in [-0.1, -0.05) is 12.2 Å². The summed E-state index contributed by atoms with van der Waals surface area (Å²) in [5, 5.41) is 0. The van der Waals surface area contributed by atoms with Crippen molar-refractivity contribution in [2.75, 3.05) is 26.1 Å². The Morgan fingerprint density at radius 1 is 1.26 bits per heavy atom. The molecular weight excluding hydrogens is 369 g/mol. The lowest BCUT2D eigenvalue weighted by Gasteiger charge is -2.19. The molecule has 27 heavy (non-hydrogen) atoms. The van der Waals surface area contributed by atoms with Crippen molar-refractivity contribution in [3.8, 4) is 0 Å². The smallest absolute Gasteiger partial charge is 0.330 e. The van der Waals surface area contributed by atoms with Crippen LogP contribution in [0, 0.1) is 11.8 Å². The van der Waals surface area contributed by atoms with E-state index in [9.17, 15) is 4.57 Å². The van der Waals surface area contributed by atoms with Gasteiger partial charge in [0.05, 0.1) is 18.6 Å². The number of rotatable bonds is 8. The highest BCUT2D eigenvalue weighted by atomic mass is 31.2. The van der Waals surface area contributed by atoms with Gasteiger partial charge < -0.3 is 19.5 Å². The first-order valence-corrected chi connectivity index (χ1v) is 10.2. The number of ether oxygens (including phenoxy) is 1. The Bertz CT molecular complexity index is 877. The third-order valence-electron chi connectivity index (χ3n) is 4.97. The van der Waals surface area contributed by atoms with Crippen LogP contribution in [0.2, 0.25) is 0 Å². The van der Waals surface area contributed by atoms with Gasteiger partial charge in [0.2, 0.25) is 0 Å². The predicted octanol–water partition coefficient (Wildman–Crippen LogP) is 2.79. The molecule has 146 valence electrons. The second-order valence-corrected chi connectivity index (χ2v) is 8.66. The Labute approximate surface area is 157 Å². The highest BCUT2D eigenvalue weighted by molar-refractivity contribution is 7.53. The number of hydrogen-bond donors (Lipinski definition) is 1. The summed E-state index contributed by atoms with van der Waals surface area (Å²) in [7, 11) is -0.367. The van der Waals surface area contributed by atoms with E-state index in [1.807, 2.05) is 16.7 Å². The maximum atomic E-state index is 12.4. The average Bonchev–Trinajstić information content (AvgIpc) is 3.27. The van der Waals surface area contributed by atoms with E-state index >= 15 is 0 Å². The van der Waals surface area contributed by atoms with E-state index < -0.39 is 7.60 Å². The predicted molar refractivity (Wildman–Crippen MR) is 102 cm³/mol. The van der Waals surface area contributed by atoms with Gasteiger partial charge >= 0.3 is 7.60 Å². The Balaban J connectivity index is 1.90. The normalized spacial score (nSPS) is 25.7. The van der Waals surface area contributed by atoms with Gasteiger partial charge in [0.15, 0.2) is 11.5 Å². The molecule has 1 saturated heterocycles. The number of aromatic nitrogens is 4. The number of nitrogens with two attached hydrogens (primary N) is 1. The van der Waals surface area contributed by atoms with E-state index in [2.05, 4.69) is 28.1 Å². The van der Waals surface area contributed by atoms with Crippen molar-refractivity contribution in [1.82, 2.24) is 19.5 Å². The molecule has 0 aliphatic carbocycles. The molecule has 0 bridgehead atoms. The van der Waals surface area contributed by atoms with Gasteiger partial charge in [-0.3, -0.25) is 9.13 Å². The van der Waals surface area contributed by atoms with Crippen molar-refractivity contribution in [1.29, 1.82) is 0 Å². The van der Waals surface area contributed by atoms with Crippen molar-refractivity contribution >= 4 is 24.6 Å². The molecule has 1 fully saturated rings. The van der Waals surface area contributed by atoms with Crippen LogP contribution < -0.4 is 5.73 Å². The van der Waals surface area contributed by atoms with Gasteiger partial charge in [0.1, 0.15) is 18.1 Å². The molecule has 2 N–H and O–H groups in total. The molecule has 10 heteroatoms.